The highest BCUT2D eigenvalue weighted by Gasteiger charge is 2.37. The number of rotatable bonds is 2. The number of aromatic nitrogens is 2. The van der Waals surface area contributed by atoms with Crippen molar-refractivity contribution in [3.05, 3.63) is 17.7 Å². The van der Waals surface area contributed by atoms with Crippen LogP contribution in [-0.2, 0) is 7.05 Å². The largest absolute Gasteiger partial charge is 0.465 e. The minimum Gasteiger partial charge on any atom is -0.465 e. The van der Waals surface area contributed by atoms with Crippen molar-refractivity contribution in [3.63, 3.8) is 0 Å². The zero-order chi connectivity index (χ0) is 11.9. The second kappa shape index (κ2) is 3.79. The van der Waals surface area contributed by atoms with Gasteiger partial charge in [-0.3, -0.25) is 0 Å². The van der Waals surface area contributed by atoms with E-state index in [4.69, 9.17) is 5.11 Å². The van der Waals surface area contributed by atoms with Crippen LogP contribution in [0.5, 0.6) is 0 Å². The first-order valence-electron chi connectivity index (χ1n) is 5.15. The molecule has 1 fully saturated rings. The van der Waals surface area contributed by atoms with E-state index in [1.54, 1.807) is 6.20 Å². The smallest absolute Gasteiger partial charge is 0.407 e. The molecule has 0 spiro atoms. The average Bonchev–Trinajstić information content (AvgIpc) is 2.44. The fourth-order valence-corrected chi connectivity index (χ4v) is 1.90. The second-order valence-corrected chi connectivity index (χ2v) is 4.18. The summed E-state index contributed by atoms with van der Waals surface area (Å²) in [6.07, 6.45) is 0.0788. The van der Waals surface area contributed by atoms with E-state index in [1.165, 1.54) is 4.90 Å². The van der Waals surface area contributed by atoms with E-state index in [0.29, 0.717) is 13.1 Å². The lowest BCUT2D eigenvalue weighted by molar-refractivity contribution is -0.000433. The maximum Gasteiger partial charge on any atom is 0.407 e. The number of aliphatic hydroxyl groups is 1. The Labute approximate surface area is 93.1 Å². The van der Waals surface area contributed by atoms with Crippen LogP contribution < -0.4 is 0 Å². The van der Waals surface area contributed by atoms with Gasteiger partial charge in [-0.25, -0.2) is 9.78 Å². The monoisotopic (exact) mass is 225 g/mol. The summed E-state index contributed by atoms with van der Waals surface area (Å²) in [4.78, 5) is 16.0. The molecule has 1 aromatic rings. The summed E-state index contributed by atoms with van der Waals surface area (Å²) in [5.41, 5.74) is 0.743. The van der Waals surface area contributed by atoms with Crippen LogP contribution in [-0.4, -0.2) is 43.8 Å². The Morgan fingerprint density at radius 1 is 1.62 bits per heavy atom. The summed E-state index contributed by atoms with van der Waals surface area (Å²) in [5.74, 6) is 0.814. The molecule has 88 valence electrons. The number of nitrogens with zero attached hydrogens (tertiary/aromatic N) is 3. The van der Waals surface area contributed by atoms with Gasteiger partial charge >= 0.3 is 6.09 Å². The van der Waals surface area contributed by atoms with Crippen LogP contribution in [0.2, 0.25) is 0 Å². The highest BCUT2D eigenvalue weighted by molar-refractivity contribution is 5.66. The zero-order valence-electron chi connectivity index (χ0n) is 9.29. The van der Waals surface area contributed by atoms with Gasteiger partial charge in [-0.1, -0.05) is 0 Å². The molecule has 0 aliphatic carbocycles. The van der Waals surface area contributed by atoms with Crippen LogP contribution in [0, 0.1) is 12.8 Å². The van der Waals surface area contributed by atoms with Crippen molar-refractivity contribution in [3.8, 4) is 0 Å². The summed E-state index contributed by atoms with van der Waals surface area (Å²) in [7, 11) is 1.84. The molecule has 16 heavy (non-hydrogen) atoms. The Morgan fingerprint density at radius 3 is 2.69 bits per heavy atom. The van der Waals surface area contributed by atoms with Crippen molar-refractivity contribution >= 4 is 6.09 Å². The number of imidazole rings is 1. The molecule has 1 amide bonds. The molecule has 6 nitrogen and oxygen atoms in total. The predicted octanol–water partition coefficient (Wildman–Crippen LogP) is 0.372. The van der Waals surface area contributed by atoms with Gasteiger partial charge in [0.05, 0.1) is 11.9 Å². The Hall–Kier alpha value is -1.56. The number of carbonyl (C=O) groups is 1. The van der Waals surface area contributed by atoms with Gasteiger partial charge in [0.15, 0.2) is 0 Å². The van der Waals surface area contributed by atoms with Gasteiger partial charge in [0, 0.05) is 26.1 Å². The van der Waals surface area contributed by atoms with Gasteiger partial charge in [0.25, 0.3) is 0 Å². The molecular weight excluding hydrogens is 210 g/mol. The zero-order valence-corrected chi connectivity index (χ0v) is 9.29. The minimum absolute atomic E-state index is 0.0223. The Morgan fingerprint density at radius 2 is 2.25 bits per heavy atom. The molecule has 2 rings (SSSR count). The molecule has 1 aliphatic heterocycles. The molecule has 0 bridgehead atoms. The highest BCUT2D eigenvalue weighted by atomic mass is 16.4. The molecule has 1 aromatic heterocycles. The maximum atomic E-state index is 10.6. The van der Waals surface area contributed by atoms with E-state index in [-0.39, 0.29) is 5.92 Å². The quantitative estimate of drug-likeness (QED) is 0.762. The fourth-order valence-electron chi connectivity index (χ4n) is 1.90. The Balaban J connectivity index is 2.02. The first-order valence-corrected chi connectivity index (χ1v) is 5.15. The number of amides is 1. The molecule has 0 radical (unpaired) electrons. The molecule has 6 heteroatoms. The third-order valence-electron chi connectivity index (χ3n) is 3.19. The van der Waals surface area contributed by atoms with Crippen molar-refractivity contribution < 1.29 is 15.0 Å². The summed E-state index contributed by atoms with van der Waals surface area (Å²) in [5, 5.41) is 18.7. The molecule has 1 unspecified atom stereocenters. The van der Waals surface area contributed by atoms with Crippen molar-refractivity contribution in [2.45, 2.75) is 13.0 Å². The molecular formula is C10H15N3O3. The highest BCUT2D eigenvalue weighted by Crippen LogP contribution is 2.29. The molecule has 2 heterocycles. The normalized spacial score (nSPS) is 18.3. The maximum absolute atomic E-state index is 10.6. The number of hydrogen-bond donors (Lipinski definition) is 2. The van der Waals surface area contributed by atoms with Crippen molar-refractivity contribution in [1.82, 2.24) is 14.5 Å². The van der Waals surface area contributed by atoms with Gasteiger partial charge in [-0.05, 0) is 6.92 Å². The SMILES string of the molecule is Cc1ncc(C(O)C2CN(C(=O)O)C2)n1C. The van der Waals surface area contributed by atoms with Gasteiger partial charge < -0.3 is 19.7 Å². The van der Waals surface area contributed by atoms with E-state index in [9.17, 15) is 9.90 Å². The van der Waals surface area contributed by atoms with Crippen LogP contribution in [0.4, 0.5) is 4.79 Å². The summed E-state index contributed by atoms with van der Waals surface area (Å²) < 4.78 is 1.83. The van der Waals surface area contributed by atoms with E-state index in [0.717, 1.165) is 11.5 Å². The molecule has 0 saturated carbocycles. The van der Waals surface area contributed by atoms with Crippen molar-refractivity contribution in [1.29, 1.82) is 0 Å². The summed E-state index contributed by atoms with van der Waals surface area (Å²) in [6, 6.07) is 0. The molecule has 1 aliphatic rings. The van der Waals surface area contributed by atoms with Gasteiger partial charge in [0.1, 0.15) is 11.9 Å². The van der Waals surface area contributed by atoms with Crippen LogP contribution in [0.15, 0.2) is 6.20 Å². The minimum atomic E-state index is -0.926. The van der Waals surface area contributed by atoms with Gasteiger partial charge in [-0.2, -0.15) is 0 Å². The van der Waals surface area contributed by atoms with Crippen LogP contribution in [0.1, 0.15) is 17.6 Å². The molecule has 2 N–H and O–H groups in total. The van der Waals surface area contributed by atoms with Crippen molar-refractivity contribution in [2.24, 2.45) is 13.0 Å². The van der Waals surface area contributed by atoms with Crippen LogP contribution in [0.3, 0.4) is 0 Å². The third kappa shape index (κ3) is 1.65. The fraction of sp³-hybridized carbons (Fsp3) is 0.600. The number of aryl methyl sites for hydroxylation is 1. The lowest BCUT2D eigenvalue weighted by Gasteiger charge is -2.39. The first kappa shape index (κ1) is 10.9. The van der Waals surface area contributed by atoms with Gasteiger partial charge in [-0.15, -0.1) is 0 Å². The van der Waals surface area contributed by atoms with Crippen LogP contribution >= 0.6 is 0 Å². The first-order chi connectivity index (χ1) is 7.50. The number of aliphatic hydroxyl groups excluding tert-OH is 1. The standard InChI is InChI=1S/C10H15N3O3/c1-6-11-3-8(12(6)2)9(14)7-4-13(5-7)10(15)16/h3,7,9,14H,4-5H2,1-2H3,(H,15,16). The second-order valence-electron chi connectivity index (χ2n) is 4.18. The number of hydrogen-bond acceptors (Lipinski definition) is 3. The molecule has 1 saturated heterocycles. The van der Waals surface area contributed by atoms with E-state index in [1.807, 2.05) is 18.5 Å². The predicted molar refractivity (Wildman–Crippen MR) is 56.0 cm³/mol. The third-order valence-corrected chi connectivity index (χ3v) is 3.19. The average molecular weight is 225 g/mol. The van der Waals surface area contributed by atoms with Crippen LogP contribution in [0.25, 0.3) is 0 Å². The lowest BCUT2D eigenvalue weighted by atomic mass is 9.92. The number of likely N-dealkylation sites (tertiary alicyclic amines) is 1. The van der Waals surface area contributed by atoms with E-state index < -0.39 is 12.2 Å². The lowest BCUT2D eigenvalue weighted by Crippen LogP contribution is -2.51. The summed E-state index contributed by atoms with van der Waals surface area (Å²) >= 11 is 0. The number of carboxylic acid groups (broad SMARTS) is 1. The molecule has 0 aromatic carbocycles. The topological polar surface area (TPSA) is 78.6 Å². The van der Waals surface area contributed by atoms with Crippen molar-refractivity contribution in [2.75, 3.05) is 13.1 Å². The molecule has 1 atom stereocenters. The van der Waals surface area contributed by atoms with E-state index in [2.05, 4.69) is 4.98 Å². The van der Waals surface area contributed by atoms with Gasteiger partial charge in [0.2, 0.25) is 0 Å². The Kier molecular flexibility index (Phi) is 2.59. The Bertz CT molecular complexity index is 409. The summed E-state index contributed by atoms with van der Waals surface area (Å²) in [6.45, 7) is 2.64. The van der Waals surface area contributed by atoms with E-state index >= 15 is 0 Å².